The first kappa shape index (κ1) is 24.3. The van der Waals surface area contributed by atoms with Gasteiger partial charge in [-0.15, -0.1) is 0 Å². The molecule has 10 heteroatoms. The van der Waals surface area contributed by atoms with Gasteiger partial charge in [0.15, 0.2) is 17.7 Å². The molecule has 1 atom stereocenters. The van der Waals surface area contributed by atoms with Gasteiger partial charge in [0.25, 0.3) is 0 Å². The Morgan fingerprint density at radius 3 is 2.24 bits per heavy atom. The summed E-state index contributed by atoms with van der Waals surface area (Å²) in [6.07, 6.45) is -0.834. The van der Waals surface area contributed by atoms with Crippen molar-refractivity contribution >= 4 is 18.0 Å². The van der Waals surface area contributed by atoms with Gasteiger partial charge in [-0.3, -0.25) is 4.79 Å². The van der Waals surface area contributed by atoms with Crippen LogP contribution in [-0.2, 0) is 25.7 Å². The van der Waals surface area contributed by atoms with Crippen LogP contribution in [0.2, 0.25) is 0 Å². The second kappa shape index (κ2) is 9.64. The Hall–Kier alpha value is -2.75. The maximum atomic E-state index is 13.2. The summed E-state index contributed by atoms with van der Waals surface area (Å²) in [6, 6.07) is 1.72. The molecule has 2 amide bonds. The standard InChI is InChI=1S/C19H26F2N2O6/c1-18(2,3)29-17(27)23-19(4,5)16(26)22-14(15(24)25)10-28-9-11-6-7-12(20)13(21)8-11/h6-8,14H,9-10H2,1-5H3,(H,22,26)(H,23,27)(H,24,25)/t14-/m1/s1. The van der Waals surface area contributed by atoms with E-state index in [2.05, 4.69) is 10.6 Å². The molecule has 162 valence electrons. The summed E-state index contributed by atoms with van der Waals surface area (Å²) in [7, 11) is 0. The largest absolute Gasteiger partial charge is 0.480 e. The van der Waals surface area contributed by atoms with Gasteiger partial charge in [-0.1, -0.05) is 6.07 Å². The Morgan fingerprint density at radius 1 is 1.10 bits per heavy atom. The Kier molecular flexibility index (Phi) is 8.07. The van der Waals surface area contributed by atoms with E-state index in [4.69, 9.17) is 9.47 Å². The van der Waals surface area contributed by atoms with E-state index in [-0.39, 0.29) is 6.61 Å². The minimum absolute atomic E-state index is 0.184. The lowest BCUT2D eigenvalue weighted by molar-refractivity contribution is -0.144. The highest BCUT2D eigenvalue weighted by molar-refractivity contribution is 5.92. The van der Waals surface area contributed by atoms with E-state index in [0.717, 1.165) is 12.1 Å². The highest BCUT2D eigenvalue weighted by atomic mass is 19.2. The molecule has 0 saturated carbocycles. The SMILES string of the molecule is CC(C)(C)OC(=O)NC(C)(C)C(=O)N[C@H](COCc1ccc(F)c(F)c1)C(=O)O. The van der Waals surface area contributed by atoms with E-state index in [9.17, 15) is 28.3 Å². The minimum atomic E-state index is -1.46. The second-order valence-corrected chi connectivity index (χ2v) is 7.88. The third-order valence-corrected chi connectivity index (χ3v) is 3.52. The molecule has 0 spiro atoms. The summed E-state index contributed by atoms with van der Waals surface area (Å²) < 4.78 is 36.4. The third kappa shape index (κ3) is 8.43. The predicted octanol–water partition coefficient (Wildman–Crippen LogP) is 2.35. The van der Waals surface area contributed by atoms with Crippen molar-refractivity contribution in [3.63, 3.8) is 0 Å². The lowest BCUT2D eigenvalue weighted by Crippen LogP contribution is -2.59. The van der Waals surface area contributed by atoms with Crippen molar-refractivity contribution in [3.05, 3.63) is 35.4 Å². The zero-order chi connectivity index (χ0) is 22.4. The molecule has 0 bridgehead atoms. The lowest BCUT2D eigenvalue weighted by atomic mass is 10.0. The van der Waals surface area contributed by atoms with E-state index in [1.54, 1.807) is 20.8 Å². The number of nitrogens with one attached hydrogen (secondary N) is 2. The second-order valence-electron chi connectivity index (χ2n) is 7.88. The molecule has 1 aromatic carbocycles. The third-order valence-electron chi connectivity index (χ3n) is 3.52. The Morgan fingerprint density at radius 2 is 1.72 bits per heavy atom. The Bertz CT molecular complexity index is 762. The first-order valence-electron chi connectivity index (χ1n) is 8.78. The average molecular weight is 416 g/mol. The molecule has 0 radical (unpaired) electrons. The number of carbonyl (C=O) groups excluding carboxylic acids is 2. The molecule has 29 heavy (non-hydrogen) atoms. The molecule has 0 fully saturated rings. The predicted molar refractivity (Wildman–Crippen MR) is 99.0 cm³/mol. The Balaban J connectivity index is 2.64. The normalized spacial score (nSPS) is 12.8. The van der Waals surface area contributed by atoms with E-state index in [0.29, 0.717) is 5.56 Å². The molecule has 3 N–H and O–H groups in total. The molecule has 0 unspecified atom stereocenters. The molecule has 1 rings (SSSR count). The minimum Gasteiger partial charge on any atom is -0.480 e. The topological polar surface area (TPSA) is 114 Å². The van der Waals surface area contributed by atoms with E-state index < -0.39 is 53.4 Å². The maximum absolute atomic E-state index is 13.2. The number of hydrogen-bond acceptors (Lipinski definition) is 5. The number of amides is 2. The number of carbonyl (C=O) groups is 3. The van der Waals surface area contributed by atoms with Gasteiger partial charge in [-0.05, 0) is 52.3 Å². The van der Waals surface area contributed by atoms with Crippen LogP contribution in [0.15, 0.2) is 18.2 Å². The van der Waals surface area contributed by atoms with E-state index in [1.165, 1.54) is 19.9 Å². The number of carboxylic acids is 1. The van der Waals surface area contributed by atoms with Crippen LogP contribution < -0.4 is 10.6 Å². The molecule has 0 heterocycles. The summed E-state index contributed by atoms with van der Waals surface area (Å²) in [6.45, 7) is 7.12. The van der Waals surface area contributed by atoms with Crippen LogP contribution >= 0.6 is 0 Å². The van der Waals surface area contributed by atoms with Gasteiger partial charge in [-0.25, -0.2) is 18.4 Å². The van der Waals surface area contributed by atoms with Crippen molar-refractivity contribution in [2.45, 2.75) is 58.4 Å². The number of alkyl carbamates (subject to hydrolysis) is 1. The zero-order valence-corrected chi connectivity index (χ0v) is 17.0. The highest BCUT2D eigenvalue weighted by Crippen LogP contribution is 2.11. The average Bonchev–Trinajstić information content (AvgIpc) is 2.54. The van der Waals surface area contributed by atoms with Gasteiger partial charge in [0, 0.05) is 0 Å². The van der Waals surface area contributed by atoms with Crippen LogP contribution in [0.25, 0.3) is 0 Å². The summed E-state index contributed by atoms with van der Waals surface area (Å²) in [5, 5.41) is 13.9. The maximum Gasteiger partial charge on any atom is 0.408 e. The van der Waals surface area contributed by atoms with E-state index >= 15 is 0 Å². The van der Waals surface area contributed by atoms with Gasteiger partial charge >= 0.3 is 12.1 Å². The number of hydrogen-bond donors (Lipinski definition) is 3. The molecule has 8 nitrogen and oxygen atoms in total. The molecular weight excluding hydrogens is 390 g/mol. The molecule has 0 aliphatic carbocycles. The van der Waals surface area contributed by atoms with Crippen LogP contribution in [0.4, 0.5) is 13.6 Å². The van der Waals surface area contributed by atoms with Crippen LogP contribution in [0.1, 0.15) is 40.2 Å². The van der Waals surface area contributed by atoms with Crippen molar-refractivity contribution in [2.24, 2.45) is 0 Å². The molecule has 0 aliphatic rings. The monoisotopic (exact) mass is 416 g/mol. The van der Waals surface area contributed by atoms with Gasteiger partial charge in [0.05, 0.1) is 13.2 Å². The summed E-state index contributed by atoms with van der Waals surface area (Å²) >= 11 is 0. The summed E-state index contributed by atoms with van der Waals surface area (Å²) in [5.41, 5.74) is -1.93. The van der Waals surface area contributed by atoms with Crippen LogP contribution in [0.3, 0.4) is 0 Å². The Labute approximate surface area is 167 Å². The quantitative estimate of drug-likeness (QED) is 0.600. The van der Waals surface area contributed by atoms with Crippen molar-refractivity contribution in [1.29, 1.82) is 0 Å². The summed E-state index contributed by atoms with van der Waals surface area (Å²) in [5.74, 6) is -4.20. The van der Waals surface area contributed by atoms with Gasteiger partial charge in [-0.2, -0.15) is 0 Å². The van der Waals surface area contributed by atoms with Crippen molar-refractivity contribution in [3.8, 4) is 0 Å². The van der Waals surface area contributed by atoms with Crippen LogP contribution in [0.5, 0.6) is 0 Å². The number of rotatable bonds is 8. The fourth-order valence-electron chi connectivity index (χ4n) is 2.05. The number of benzene rings is 1. The van der Waals surface area contributed by atoms with Gasteiger partial charge < -0.3 is 25.2 Å². The zero-order valence-electron chi connectivity index (χ0n) is 17.0. The number of carboxylic acid groups (broad SMARTS) is 1. The molecule has 0 aromatic heterocycles. The number of ether oxygens (including phenoxy) is 2. The lowest BCUT2D eigenvalue weighted by Gasteiger charge is -2.28. The molecule has 0 saturated heterocycles. The molecule has 0 aliphatic heterocycles. The molecular formula is C19H26F2N2O6. The smallest absolute Gasteiger partial charge is 0.408 e. The molecule has 1 aromatic rings. The van der Waals surface area contributed by atoms with E-state index in [1.807, 2.05) is 0 Å². The highest BCUT2D eigenvalue weighted by Gasteiger charge is 2.34. The fourth-order valence-corrected chi connectivity index (χ4v) is 2.05. The number of halogens is 2. The van der Waals surface area contributed by atoms with Crippen molar-refractivity contribution in [2.75, 3.05) is 6.61 Å². The number of aliphatic carboxylic acids is 1. The first-order valence-corrected chi connectivity index (χ1v) is 8.78. The first-order chi connectivity index (χ1) is 13.2. The van der Waals surface area contributed by atoms with Crippen molar-refractivity contribution in [1.82, 2.24) is 10.6 Å². The van der Waals surface area contributed by atoms with Gasteiger partial charge in [0.1, 0.15) is 11.1 Å². The van der Waals surface area contributed by atoms with Crippen LogP contribution in [-0.4, -0.2) is 46.9 Å². The van der Waals surface area contributed by atoms with Gasteiger partial charge in [0.2, 0.25) is 5.91 Å². The summed E-state index contributed by atoms with van der Waals surface area (Å²) in [4.78, 5) is 35.7. The van der Waals surface area contributed by atoms with Crippen molar-refractivity contribution < 1.29 is 37.7 Å². The van der Waals surface area contributed by atoms with Crippen LogP contribution in [0, 0.1) is 11.6 Å². The fraction of sp³-hybridized carbons (Fsp3) is 0.526.